The van der Waals surface area contributed by atoms with Crippen LogP contribution in [0, 0.1) is 6.92 Å². The van der Waals surface area contributed by atoms with Crippen molar-refractivity contribution in [2.75, 3.05) is 25.4 Å². The van der Waals surface area contributed by atoms with Crippen LogP contribution in [-0.2, 0) is 21.2 Å². The van der Waals surface area contributed by atoms with Crippen LogP contribution in [0.15, 0.2) is 24.3 Å². The van der Waals surface area contributed by atoms with Gasteiger partial charge in [0.05, 0.1) is 5.75 Å². The Hall–Kier alpha value is -1.40. The van der Waals surface area contributed by atoms with Crippen molar-refractivity contribution in [3.05, 3.63) is 35.4 Å². The highest BCUT2D eigenvalue weighted by Gasteiger charge is 2.24. The Morgan fingerprint density at radius 1 is 1.23 bits per heavy atom. The zero-order valence-electron chi connectivity index (χ0n) is 13.0. The van der Waals surface area contributed by atoms with Crippen LogP contribution in [-0.4, -0.2) is 44.0 Å². The number of sulfonamides is 1. The predicted octanol–water partition coefficient (Wildman–Crippen LogP) is 1.47. The molecule has 1 heterocycles. The van der Waals surface area contributed by atoms with Crippen LogP contribution in [0.1, 0.15) is 30.4 Å². The molecule has 22 heavy (non-hydrogen) atoms. The van der Waals surface area contributed by atoms with Crippen molar-refractivity contribution < 1.29 is 13.2 Å². The fourth-order valence-electron chi connectivity index (χ4n) is 2.51. The van der Waals surface area contributed by atoms with Crippen molar-refractivity contribution in [3.8, 4) is 0 Å². The van der Waals surface area contributed by atoms with E-state index in [1.54, 1.807) is 0 Å². The van der Waals surface area contributed by atoms with Crippen LogP contribution in [0.4, 0.5) is 0 Å². The van der Waals surface area contributed by atoms with Gasteiger partial charge in [-0.05, 0) is 31.7 Å². The number of hydrogen-bond acceptors (Lipinski definition) is 3. The van der Waals surface area contributed by atoms with E-state index < -0.39 is 10.0 Å². The average molecular weight is 324 g/mol. The zero-order valence-corrected chi connectivity index (χ0v) is 13.9. The third-order valence-electron chi connectivity index (χ3n) is 3.90. The molecule has 1 aromatic carbocycles. The van der Waals surface area contributed by atoms with Crippen molar-refractivity contribution in [2.24, 2.45) is 0 Å². The van der Waals surface area contributed by atoms with Crippen molar-refractivity contribution in [3.63, 3.8) is 0 Å². The Bertz CT molecular complexity index is 596. The third kappa shape index (κ3) is 5.10. The van der Waals surface area contributed by atoms with Crippen LogP contribution in [0.3, 0.4) is 0 Å². The molecule has 122 valence electrons. The Labute approximate surface area is 132 Å². The number of aryl methyl sites for hydroxylation is 2. The zero-order chi connectivity index (χ0) is 16.0. The Kier molecular flexibility index (Phi) is 5.97. The minimum Gasteiger partial charge on any atom is -0.355 e. The molecule has 1 aliphatic heterocycles. The molecule has 1 saturated heterocycles. The van der Waals surface area contributed by atoms with E-state index in [0.29, 0.717) is 32.5 Å². The molecule has 0 aromatic heterocycles. The molecule has 1 N–H and O–H groups in total. The first-order chi connectivity index (χ1) is 10.5. The van der Waals surface area contributed by atoms with Gasteiger partial charge in [-0.1, -0.05) is 29.8 Å². The number of rotatable bonds is 6. The summed E-state index contributed by atoms with van der Waals surface area (Å²) in [6.07, 6.45) is 2.77. The lowest BCUT2D eigenvalue weighted by Crippen LogP contribution is -2.42. The lowest BCUT2D eigenvalue weighted by Gasteiger charge is -2.26. The van der Waals surface area contributed by atoms with Gasteiger partial charge in [0.15, 0.2) is 0 Å². The molecule has 0 unspecified atom stereocenters. The van der Waals surface area contributed by atoms with Crippen molar-refractivity contribution in [1.29, 1.82) is 0 Å². The summed E-state index contributed by atoms with van der Waals surface area (Å²) in [5.74, 6) is 0.198. The summed E-state index contributed by atoms with van der Waals surface area (Å²) in [7, 11) is -3.10. The first kappa shape index (κ1) is 17.0. The van der Waals surface area contributed by atoms with Gasteiger partial charge in [-0.3, -0.25) is 4.79 Å². The molecule has 1 fully saturated rings. The minimum absolute atomic E-state index is 0.0324. The van der Waals surface area contributed by atoms with Crippen LogP contribution < -0.4 is 5.32 Å². The van der Waals surface area contributed by atoms with E-state index in [1.807, 2.05) is 31.2 Å². The molecule has 5 nitrogen and oxygen atoms in total. The summed E-state index contributed by atoms with van der Waals surface area (Å²) in [6.45, 7) is 3.36. The van der Waals surface area contributed by atoms with Crippen LogP contribution >= 0.6 is 0 Å². The van der Waals surface area contributed by atoms with E-state index in [0.717, 1.165) is 18.4 Å². The summed E-state index contributed by atoms with van der Waals surface area (Å²) < 4.78 is 25.1. The summed E-state index contributed by atoms with van der Waals surface area (Å²) in [5, 5.41) is 2.80. The summed E-state index contributed by atoms with van der Waals surface area (Å²) >= 11 is 0. The maximum Gasteiger partial charge on any atom is 0.220 e. The van der Waals surface area contributed by atoms with Gasteiger partial charge in [0, 0.05) is 26.1 Å². The lowest BCUT2D eigenvalue weighted by atomic mass is 10.1. The Balaban J connectivity index is 1.68. The fourth-order valence-corrected chi connectivity index (χ4v) is 4.12. The first-order valence-electron chi connectivity index (χ1n) is 7.77. The van der Waals surface area contributed by atoms with E-state index in [1.165, 1.54) is 9.87 Å². The van der Waals surface area contributed by atoms with Crippen LogP contribution in [0.5, 0.6) is 0 Å². The second kappa shape index (κ2) is 7.74. The standard InChI is InChI=1S/C16H24N2O3S/c1-14-4-6-15(7-5-14)8-9-16(19)17-10-12-18-11-2-3-13-22(18,20)21/h4-7H,2-3,8-13H2,1H3,(H,17,19). The topological polar surface area (TPSA) is 66.5 Å². The molecule has 1 amide bonds. The number of hydrogen-bond donors (Lipinski definition) is 1. The number of benzene rings is 1. The molecular weight excluding hydrogens is 300 g/mol. The fraction of sp³-hybridized carbons (Fsp3) is 0.562. The average Bonchev–Trinajstić information content (AvgIpc) is 2.48. The van der Waals surface area contributed by atoms with E-state index >= 15 is 0 Å². The Morgan fingerprint density at radius 2 is 1.95 bits per heavy atom. The highest BCUT2D eigenvalue weighted by atomic mass is 32.2. The molecular formula is C16H24N2O3S. The number of nitrogens with zero attached hydrogens (tertiary/aromatic N) is 1. The highest BCUT2D eigenvalue weighted by molar-refractivity contribution is 7.89. The molecule has 0 saturated carbocycles. The second-order valence-electron chi connectivity index (χ2n) is 5.76. The van der Waals surface area contributed by atoms with E-state index in [9.17, 15) is 13.2 Å². The summed E-state index contributed by atoms with van der Waals surface area (Å²) in [4.78, 5) is 11.8. The molecule has 0 bridgehead atoms. The number of carbonyl (C=O) groups is 1. The maximum atomic E-state index is 11.8. The van der Waals surface area contributed by atoms with Gasteiger partial charge >= 0.3 is 0 Å². The smallest absolute Gasteiger partial charge is 0.220 e. The Morgan fingerprint density at radius 3 is 2.64 bits per heavy atom. The number of nitrogens with one attached hydrogen (secondary N) is 1. The van der Waals surface area contributed by atoms with Crippen molar-refractivity contribution in [1.82, 2.24) is 9.62 Å². The molecule has 1 aliphatic rings. The molecule has 1 aromatic rings. The summed E-state index contributed by atoms with van der Waals surface area (Å²) in [6, 6.07) is 8.13. The molecule has 0 atom stereocenters. The van der Waals surface area contributed by atoms with Gasteiger partial charge in [0.25, 0.3) is 0 Å². The van der Waals surface area contributed by atoms with Gasteiger partial charge in [0.2, 0.25) is 15.9 Å². The molecule has 0 aliphatic carbocycles. The highest BCUT2D eigenvalue weighted by Crippen LogP contribution is 2.12. The predicted molar refractivity (Wildman–Crippen MR) is 87.1 cm³/mol. The number of amides is 1. The normalized spacial score (nSPS) is 18.0. The largest absolute Gasteiger partial charge is 0.355 e. The van der Waals surface area contributed by atoms with Crippen molar-refractivity contribution >= 4 is 15.9 Å². The van der Waals surface area contributed by atoms with Crippen LogP contribution in [0.25, 0.3) is 0 Å². The lowest BCUT2D eigenvalue weighted by molar-refractivity contribution is -0.121. The monoisotopic (exact) mass is 324 g/mol. The van der Waals surface area contributed by atoms with Gasteiger partial charge in [-0.2, -0.15) is 0 Å². The van der Waals surface area contributed by atoms with Gasteiger partial charge in [-0.15, -0.1) is 0 Å². The molecule has 0 radical (unpaired) electrons. The van der Waals surface area contributed by atoms with Crippen LogP contribution in [0.2, 0.25) is 0 Å². The van der Waals surface area contributed by atoms with Gasteiger partial charge < -0.3 is 5.32 Å². The number of carbonyl (C=O) groups excluding carboxylic acids is 1. The molecule has 2 rings (SSSR count). The van der Waals surface area contributed by atoms with E-state index in [-0.39, 0.29) is 11.7 Å². The molecule has 6 heteroatoms. The SMILES string of the molecule is Cc1ccc(CCC(=O)NCCN2CCCCS2(=O)=O)cc1. The van der Waals surface area contributed by atoms with E-state index in [4.69, 9.17) is 0 Å². The van der Waals surface area contributed by atoms with Gasteiger partial charge in [0.1, 0.15) is 0 Å². The first-order valence-corrected chi connectivity index (χ1v) is 9.38. The minimum atomic E-state index is -3.10. The second-order valence-corrected chi connectivity index (χ2v) is 7.85. The summed E-state index contributed by atoms with van der Waals surface area (Å²) in [5.41, 5.74) is 2.34. The van der Waals surface area contributed by atoms with Gasteiger partial charge in [-0.25, -0.2) is 12.7 Å². The maximum absolute atomic E-state index is 11.8. The molecule has 0 spiro atoms. The van der Waals surface area contributed by atoms with E-state index in [2.05, 4.69) is 5.32 Å². The quantitative estimate of drug-likeness (QED) is 0.862. The van der Waals surface area contributed by atoms with Crippen molar-refractivity contribution in [2.45, 2.75) is 32.6 Å². The third-order valence-corrected chi connectivity index (χ3v) is 5.85.